The Balaban J connectivity index is 2.48. The third-order valence-corrected chi connectivity index (χ3v) is 3.53. The van der Waals surface area contributed by atoms with Crippen LogP contribution in [0.15, 0.2) is 0 Å². The molecule has 0 bridgehead atoms. The molecule has 90 valence electrons. The molecule has 4 nitrogen and oxygen atoms in total. The summed E-state index contributed by atoms with van der Waals surface area (Å²) in [4.78, 5) is 13.8. The van der Waals surface area contributed by atoms with Crippen LogP contribution in [0.4, 0.5) is 0 Å². The van der Waals surface area contributed by atoms with Gasteiger partial charge in [-0.3, -0.25) is 4.79 Å². The Bertz CT molecular complexity index is 276. The van der Waals surface area contributed by atoms with E-state index in [0.29, 0.717) is 13.1 Å². The second-order valence-electron chi connectivity index (χ2n) is 4.64. The summed E-state index contributed by atoms with van der Waals surface area (Å²) in [6.45, 7) is 5.41. The van der Waals surface area contributed by atoms with E-state index in [0.717, 1.165) is 19.3 Å². The van der Waals surface area contributed by atoms with E-state index >= 15 is 0 Å². The molecule has 0 unspecified atom stereocenters. The number of likely N-dealkylation sites (tertiary alicyclic amines) is 1. The Morgan fingerprint density at radius 2 is 2.12 bits per heavy atom. The van der Waals surface area contributed by atoms with E-state index in [9.17, 15) is 4.79 Å². The Kier molecular flexibility index (Phi) is 4.75. The van der Waals surface area contributed by atoms with E-state index in [1.54, 1.807) is 0 Å². The predicted octanol–water partition coefficient (Wildman–Crippen LogP) is 1.12. The molecule has 1 rings (SSSR count). The van der Waals surface area contributed by atoms with Gasteiger partial charge in [-0.15, -0.1) is 0 Å². The third kappa shape index (κ3) is 2.96. The van der Waals surface area contributed by atoms with Crippen LogP contribution in [0.1, 0.15) is 33.1 Å². The van der Waals surface area contributed by atoms with Crippen LogP contribution >= 0.6 is 0 Å². The summed E-state index contributed by atoms with van der Waals surface area (Å²) >= 11 is 0. The molecule has 0 aromatic carbocycles. The number of piperidine rings is 1. The zero-order valence-corrected chi connectivity index (χ0v) is 10.1. The van der Waals surface area contributed by atoms with Crippen molar-refractivity contribution in [3.05, 3.63) is 0 Å². The topological polar surface area (TPSA) is 70.1 Å². The first-order valence-corrected chi connectivity index (χ1v) is 6.04. The van der Waals surface area contributed by atoms with Gasteiger partial charge in [-0.2, -0.15) is 5.26 Å². The fourth-order valence-electron chi connectivity index (χ4n) is 1.94. The van der Waals surface area contributed by atoms with Gasteiger partial charge in [-0.05, 0) is 18.8 Å². The van der Waals surface area contributed by atoms with Gasteiger partial charge in [0.2, 0.25) is 5.91 Å². The number of carbonyl (C=O) groups is 1. The third-order valence-electron chi connectivity index (χ3n) is 3.53. The van der Waals surface area contributed by atoms with E-state index in [1.807, 2.05) is 18.7 Å². The lowest BCUT2D eigenvalue weighted by Crippen LogP contribution is -2.49. The first-order chi connectivity index (χ1) is 7.60. The first kappa shape index (κ1) is 13.0. The van der Waals surface area contributed by atoms with Crippen molar-refractivity contribution in [2.75, 3.05) is 13.1 Å². The minimum atomic E-state index is -0.386. The molecular weight excluding hydrogens is 202 g/mol. The number of amides is 1. The van der Waals surface area contributed by atoms with Gasteiger partial charge in [0.15, 0.2) is 0 Å². The molecule has 0 aromatic heterocycles. The second kappa shape index (κ2) is 5.86. The highest BCUT2D eigenvalue weighted by Gasteiger charge is 2.28. The van der Waals surface area contributed by atoms with Gasteiger partial charge in [-0.1, -0.05) is 20.3 Å². The minimum absolute atomic E-state index is 0.0470. The molecule has 0 aliphatic carbocycles. The van der Waals surface area contributed by atoms with E-state index in [2.05, 4.69) is 6.07 Å². The van der Waals surface area contributed by atoms with Gasteiger partial charge in [0.05, 0.1) is 12.1 Å². The zero-order chi connectivity index (χ0) is 12.1. The number of hydrogen-bond donors (Lipinski definition) is 1. The van der Waals surface area contributed by atoms with Crippen LogP contribution in [0.3, 0.4) is 0 Å². The van der Waals surface area contributed by atoms with Crippen LogP contribution in [-0.4, -0.2) is 29.9 Å². The second-order valence-corrected chi connectivity index (χ2v) is 4.64. The Morgan fingerprint density at radius 1 is 1.56 bits per heavy atom. The zero-order valence-electron chi connectivity index (χ0n) is 10.1. The Hall–Kier alpha value is -1.08. The highest BCUT2D eigenvalue weighted by atomic mass is 16.2. The molecule has 1 fully saturated rings. The van der Waals surface area contributed by atoms with Crippen molar-refractivity contribution in [1.29, 1.82) is 5.26 Å². The molecule has 1 heterocycles. The minimum Gasteiger partial charge on any atom is -0.341 e. The van der Waals surface area contributed by atoms with Crippen LogP contribution < -0.4 is 5.73 Å². The van der Waals surface area contributed by atoms with Crippen molar-refractivity contribution in [2.24, 2.45) is 17.6 Å². The molecule has 0 saturated carbocycles. The number of nitrogens with two attached hydrogens (primary N) is 1. The highest BCUT2D eigenvalue weighted by molar-refractivity contribution is 5.82. The maximum absolute atomic E-state index is 12.0. The molecule has 1 aliphatic heterocycles. The number of nitrogens with zero attached hydrogens (tertiary/aromatic N) is 2. The molecule has 1 aliphatic rings. The van der Waals surface area contributed by atoms with E-state index < -0.39 is 0 Å². The largest absolute Gasteiger partial charge is 0.341 e. The number of nitriles is 1. The van der Waals surface area contributed by atoms with Crippen molar-refractivity contribution in [3.8, 4) is 6.07 Å². The quantitative estimate of drug-likeness (QED) is 0.779. The standard InChI is InChI=1S/C12H21N3O/c1-3-9(2)11(14)12(16)15-6-4-10(8-13)5-7-15/h9-11H,3-7,14H2,1-2H3/t9-,11+/m0/s1. The van der Waals surface area contributed by atoms with E-state index in [1.165, 1.54) is 0 Å². The summed E-state index contributed by atoms with van der Waals surface area (Å²) in [6.07, 6.45) is 2.49. The smallest absolute Gasteiger partial charge is 0.239 e. The summed E-state index contributed by atoms with van der Waals surface area (Å²) in [5.41, 5.74) is 5.91. The fourth-order valence-corrected chi connectivity index (χ4v) is 1.94. The molecular formula is C12H21N3O. The van der Waals surface area contributed by atoms with Gasteiger partial charge in [0, 0.05) is 19.0 Å². The normalized spacial score (nSPS) is 21.2. The van der Waals surface area contributed by atoms with E-state index in [4.69, 9.17) is 11.0 Å². The van der Waals surface area contributed by atoms with Gasteiger partial charge in [-0.25, -0.2) is 0 Å². The van der Waals surface area contributed by atoms with Crippen LogP contribution in [-0.2, 0) is 4.79 Å². The lowest BCUT2D eigenvalue weighted by atomic mass is 9.95. The van der Waals surface area contributed by atoms with Gasteiger partial charge in [0.25, 0.3) is 0 Å². The molecule has 1 amide bonds. The molecule has 16 heavy (non-hydrogen) atoms. The lowest BCUT2D eigenvalue weighted by molar-refractivity contribution is -0.134. The molecule has 2 N–H and O–H groups in total. The van der Waals surface area contributed by atoms with Gasteiger partial charge < -0.3 is 10.6 Å². The molecule has 4 heteroatoms. The average Bonchev–Trinajstić information content (AvgIpc) is 2.36. The van der Waals surface area contributed by atoms with Crippen LogP contribution in [0.5, 0.6) is 0 Å². The molecule has 0 aromatic rings. The average molecular weight is 223 g/mol. The van der Waals surface area contributed by atoms with Crippen molar-refractivity contribution < 1.29 is 4.79 Å². The molecule has 0 radical (unpaired) electrons. The molecule has 0 spiro atoms. The molecule has 1 saturated heterocycles. The van der Waals surface area contributed by atoms with Crippen LogP contribution in [0.2, 0.25) is 0 Å². The maximum Gasteiger partial charge on any atom is 0.239 e. The van der Waals surface area contributed by atoms with Gasteiger partial charge >= 0.3 is 0 Å². The maximum atomic E-state index is 12.0. The lowest BCUT2D eigenvalue weighted by Gasteiger charge is -2.32. The van der Waals surface area contributed by atoms with Crippen molar-refractivity contribution >= 4 is 5.91 Å². The Labute approximate surface area is 97.4 Å². The SMILES string of the molecule is CC[C@H](C)[C@@H](N)C(=O)N1CCC(C#N)CC1. The van der Waals surface area contributed by atoms with Gasteiger partial charge in [0.1, 0.15) is 0 Å². The summed E-state index contributed by atoms with van der Waals surface area (Å²) in [5.74, 6) is 0.385. The first-order valence-electron chi connectivity index (χ1n) is 6.04. The predicted molar refractivity (Wildman–Crippen MR) is 62.3 cm³/mol. The summed E-state index contributed by atoms with van der Waals surface area (Å²) in [5, 5.41) is 8.77. The number of carbonyl (C=O) groups excluding carboxylic acids is 1. The monoisotopic (exact) mass is 223 g/mol. The van der Waals surface area contributed by atoms with E-state index in [-0.39, 0.29) is 23.8 Å². The Morgan fingerprint density at radius 3 is 2.56 bits per heavy atom. The fraction of sp³-hybridized carbons (Fsp3) is 0.833. The number of rotatable bonds is 3. The van der Waals surface area contributed by atoms with Crippen molar-refractivity contribution in [3.63, 3.8) is 0 Å². The summed E-state index contributed by atoms with van der Waals surface area (Å²) in [7, 11) is 0. The number of hydrogen-bond acceptors (Lipinski definition) is 3. The van der Waals surface area contributed by atoms with Crippen LogP contribution in [0, 0.1) is 23.2 Å². The summed E-state index contributed by atoms with van der Waals surface area (Å²) in [6, 6.07) is 1.87. The summed E-state index contributed by atoms with van der Waals surface area (Å²) < 4.78 is 0. The van der Waals surface area contributed by atoms with Crippen LogP contribution in [0.25, 0.3) is 0 Å². The highest BCUT2D eigenvalue weighted by Crippen LogP contribution is 2.18. The molecule has 2 atom stereocenters. The van der Waals surface area contributed by atoms with Crippen molar-refractivity contribution in [2.45, 2.75) is 39.2 Å². The van der Waals surface area contributed by atoms with Crippen molar-refractivity contribution in [1.82, 2.24) is 4.90 Å².